The minimum Gasteiger partial charge on any atom is -0.478 e. The predicted octanol–water partition coefficient (Wildman–Crippen LogP) is 3.11. The number of aromatic carboxylic acids is 1. The molecule has 2 N–H and O–H groups in total. The number of rotatable bonds is 5. The van der Waals surface area contributed by atoms with Crippen LogP contribution in [0.25, 0.3) is 0 Å². The molecule has 0 aliphatic rings. The van der Waals surface area contributed by atoms with Gasteiger partial charge in [-0.1, -0.05) is 29.0 Å². The van der Waals surface area contributed by atoms with Crippen molar-refractivity contribution < 1.29 is 19.4 Å². The first-order chi connectivity index (χ1) is 8.11. The Hall–Kier alpha value is -0.690. The highest BCUT2D eigenvalue weighted by Crippen LogP contribution is 2.01. The number of carbonyl (C=O) groups is 1. The van der Waals surface area contributed by atoms with Crippen LogP contribution in [0.2, 0.25) is 0 Å². The van der Waals surface area contributed by atoms with Crippen LogP contribution in [-0.2, 0) is 0 Å². The topological polar surface area (TPSA) is 57.5 Å². The van der Waals surface area contributed by atoms with Gasteiger partial charge in [0, 0.05) is 6.61 Å². The average Bonchev–Trinajstić information content (AvgIpc) is 2.31. The standard InChI is InChI=1S/C7H5FO2.C5H11IO/c8-6-3-1-5(2-4-6)7(9)10;6-4-2-1-3-5-7/h1-4H,(H,9,10);7H,1-5H2. The van der Waals surface area contributed by atoms with Crippen LogP contribution in [0.4, 0.5) is 4.39 Å². The molecule has 0 amide bonds. The Bertz CT molecular complexity index is 310. The molecule has 0 saturated carbocycles. The zero-order chi connectivity index (χ0) is 13.1. The van der Waals surface area contributed by atoms with Gasteiger partial charge in [-0.3, -0.25) is 0 Å². The number of carboxylic acids is 1. The van der Waals surface area contributed by atoms with Crippen molar-refractivity contribution in [3.63, 3.8) is 0 Å². The first kappa shape index (κ1) is 16.3. The molecule has 0 atom stereocenters. The number of benzene rings is 1. The number of unbranched alkanes of at least 4 members (excludes halogenated alkanes) is 2. The second-order valence-electron chi connectivity index (χ2n) is 3.29. The molecule has 1 aromatic carbocycles. The Morgan fingerprint density at radius 1 is 1.18 bits per heavy atom. The lowest BCUT2D eigenvalue weighted by atomic mass is 10.2. The van der Waals surface area contributed by atoms with Gasteiger partial charge in [-0.2, -0.15) is 0 Å². The third-order valence-electron chi connectivity index (χ3n) is 1.88. The Morgan fingerprint density at radius 3 is 2.18 bits per heavy atom. The molecule has 17 heavy (non-hydrogen) atoms. The summed E-state index contributed by atoms with van der Waals surface area (Å²) in [7, 11) is 0. The highest BCUT2D eigenvalue weighted by atomic mass is 127. The summed E-state index contributed by atoms with van der Waals surface area (Å²) in [4.78, 5) is 10.2. The first-order valence-electron chi connectivity index (χ1n) is 5.27. The Labute approximate surface area is 114 Å². The van der Waals surface area contributed by atoms with Gasteiger partial charge in [0.05, 0.1) is 5.56 Å². The van der Waals surface area contributed by atoms with Gasteiger partial charge >= 0.3 is 5.97 Å². The second-order valence-corrected chi connectivity index (χ2v) is 4.36. The number of alkyl halides is 1. The summed E-state index contributed by atoms with van der Waals surface area (Å²) in [5.74, 6) is -1.47. The fourth-order valence-corrected chi connectivity index (χ4v) is 1.51. The van der Waals surface area contributed by atoms with E-state index in [0.717, 1.165) is 18.6 Å². The van der Waals surface area contributed by atoms with E-state index in [4.69, 9.17) is 10.2 Å². The zero-order valence-electron chi connectivity index (χ0n) is 9.40. The molecule has 0 fully saturated rings. The normalized spacial score (nSPS) is 9.35. The predicted molar refractivity (Wildman–Crippen MR) is 73.2 cm³/mol. The number of halogens is 2. The molecular formula is C12H16FIO3. The first-order valence-corrected chi connectivity index (χ1v) is 6.80. The van der Waals surface area contributed by atoms with Crippen molar-refractivity contribution in [2.75, 3.05) is 11.0 Å². The molecule has 0 saturated heterocycles. The monoisotopic (exact) mass is 354 g/mol. The molecule has 0 aliphatic carbocycles. The van der Waals surface area contributed by atoms with Crippen molar-refractivity contribution in [3.05, 3.63) is 35.6 Å². The van der Waals surface area contributed by atoms with Crippen LogP contribution in [0.5, 0.6) is 0 Å². The molecule has 0 spiro atoms. The van der Waals surface area contributed by atoms with Crippen LogP contribution in [0.3, 0.4) is 0 Å². The van der Waals surface area contributed by atoms with Crippen molar-refractivity contribution in [2.45, 2.75) is 19.3 Å². The maximum absolute atomic E-state index is 12.2. The SMILES string of the molecule is O=C(O)c1ccc(F)cc1.OCCCCCI. The van der Waals surface area contributed by atoms with Gasteiger partial charge in [0.15, 0.2) is 0 Å². The van der Waals surface area contributed by atoms with E-state index in [1.807, 2.05) is 0 Å². The number of hydrogen-bond acceptors (Lipinski definition) is 2. The van der Waals surface area contributed by atoms with E-state index < -0.39 is 11.8 Å². The zero-order valence-corrected chi connectivity index (χ0v) is 11.6. The van der Waals surface area contributed by atoms with E-state index in [9.17, 15) is 9.18 Å². The molecule has 0 aromatic heterocycles. The maximum Gasteiger partial charge on any atom is 0.335 e. The third-order valence-corrected chi connectivity index (χ3v) is 2.65. The number of aliphatic hydroxyl groups is 1. The van der Waals surface area contributed by atoms with Gasteiger partial charge in [-0.15, -0.1) is 0 Å². The van der Waals surface area contributed by atoms with Gasteiger partial charge in [0.1, 0.15) is 5.82 Å². The lowest BCUT2D eigenvalue weighted by Gasteiger charge is -1.90. The molecule has 0 unspecified atom stereocenters. The molecule has 0 radical (unpaired) electrons. The van der Waals surface area contributed by atoms with Crippen LogP contribution in [0.1, 0.15) is 29.6 Å². The van der Waals surface area contributed by atoms with Gasteiger partial charge in [-0.05, 0) is 41.5 Å². The van der Waals surface area contributed by atoms with Crippen molar-refractivity contribution in [1.82, 2.24) is 0 Å². The lowest BCUT2D eigenvalue weighted by molar-refractivity contribution is 0.0697. The number of carboxylic acid groups (broad SMARTS) is 1. The smallest absolute Gasteiger partial charge is 0.335 e. The van der Waals surface area contributed by atoms with Gasteiger partial charge in [-0.25, -0.2) is 9.18 Å². The van der Waals surface area contributed by atoms with Crippen LogP contribution in [0.15, 0.2) is 24.3 Å². The highest BCUT2D eigenvalue weighted by molar-refractivity contribution is 14.1. The number of hydrogen-bond donors (Lipinski definition) is 2. The second kappa shape index (κ2) is 10.5. The Balaban J connectivity index is 0.000000325. The summed E-state index contributed by atoms with van der Waals surface area (Å²) >= 11 is 2.35. The maximum atomic E-state index is 12.2. The number of aliphatic hydroxyl groups excluding tert-OH is 1. The summed E-state index contributed by atoms with van der Waals surface area (Å²) in [5, 5.41) is 16.6. The van der Waals surface area contributed by atoms with Crippen molar-refractivity contribution in [3.8, 4) is 0 Å². The van der Waals surface area contributed by atoms with Gasteiger partial charge < -0.3 is 10.2 Å². The third kappa shape index (κ3) is 9.05. The summed E-state index contributed by atoms with van der Waals surface area (Å²) in [5.41, 5.74) is 0.0985. The van der Waals surface area contributed by atoms with E-state index in [0.29, 0.717) is 6.61 Å². The van der Waals surface area contributed by atoms with Crippen LogP contribution >= 0.6 is 22.6 Å². The molecule has 96 valence electrons. The summed E-state index contributed by atoms with van der Waals surface area (Å²) in [6.07, 6.45) is 3.41. The van der Waals surface area contributed by atoms with E-state index in [1.54, 1.807) is 0 Å². The molecule has 5 heteroatoms. The fraction of sp³-hybridized carbons (Fsp3) is 0.417. The Kier molecular flexibility index (Phi) is 10.0. The lowest BCUT2D eigenvalue weighted by Crippen LogP contribution is -1.94. The molecule has 1 aromatic rings. The highest BCUT2D eigenvalue weighted by Gasteiger charge is 1.99. The van der Waals surface area contributed by atoms with Crippen molar-refractivity contribution in [2.24, 2.45) is 0 Å². The van der Waals surface area contributed by atoms with E-state index in [2.05, 4.69) is 22.6 Å². The molecule has 3 nitrogen and oxygen atoms in total. The minimum absolute atomic E-state index is 0.0985. The summed E-state index contributed by atoms with van der Waals surface area (Å²) in [6, 6.07) is 4.67. The van der Waals surface area contributed by atoms with Crippen LogP contribution in [-0.4, -0.2) is 27.2 Å². The van der Waals surface area contributed by atoms with E-state index >= 15 is 0 Å². The van der Waals surface area contributed by atoms with E-state index in [1.165, 1.54) is 29.4 Å². The molecule has 1 rings (SSSR count). The largest absolute Gasteiger partial charge is 0.478 e. The molecule has 0 bridgehead atoms. The van der Waals surface area contributed by atoms with E-state index in [-0.39, 0.29) is 5.56 Å². The quantitative estimate of drug-likeness (QED) is 0.485. The molecular weight excluding hydrogens is 338 g/mol. The van der Waals surface area contributed by atoms with Gasteiger partial charge in [0.25, 0.3) is 0 Å². The fourth-order valence-electron chi connectivity index (χ4n) is 0.976. The van der Waals surface area contributed by atoms with Crippen LogP contribution in [0, 0.1) is 5.82 Å². The molecule has 0 heterocycles. The summed E-state index contributed by atoms with van der Waals surface area (Å²) in [6.45, 7) is 0.358. The van der Waals surface area contributed by atoms with Gasteiger partial charge in [0.2, 0.25) is 0 Å². The molecule has 0 aliphatic heterocycles. The average molecular weight is 354 g/mol. The van der Waals surface area contributed by atoms with Crippen molar-refractivity contribution >= 4 is 28.6 Å². The Morgan fingerprint density at radius 2 is 1.76 bits per heavy atom. The minimum atomic E-state index is -1.04. The van der Waals surface area contributed by atoms with Crippen molar-refractivity contribution in [1.29, 1.82) is 0 Å². The van der Waals surface area contributed by atoms with Crippen LogP contribution < -0.4 is 0 Å². The summed E-state index contributed by atoms with van der Waals surface area (Å²) < 4.78 is 13.4.